The van der Waals surface area contributed by atoms with Crippen molar-refractivity contribution in [1.82, 2.24) is 4.98 Å². The molecule has 0 atom stereocenters. The summed E-state index contributed by atoms with van der Waals surface area (Å²) in [6.45, 7) is 10.9. The lowest BCUT2D eigenvalue weighted by atomic mass is 9.99. The van der Waals surface area contributed by atoms with Crippen LogP contribution in [0.4, 0.5) is 0 Å². The van der Waals surface area contributed by atoms with Crippen LogP contribution >= 0.6 is 0 Å². The molecule has 0 aromatic carbocycles. The summed E-state index contributed by atoms with van der Waals surface area (Å²) in [6.07, 6.45) is 0. The molecule has 72 valence electrons. The largest absolute Gasteiger partial charge is 0.258 e. The maximum absolute atomic E-state index is 4.52. The van der Waals surface area contributed by atoms with E-state index in [0.29, 0.717) is 11.8 Å². The molecule has 0 unspecified atom stereocenters. The molecule has 0 aliphatic heterocycles. The molecule has 0 radical (unpaired) electrons. The minimum Gasteiger partial charge on any atom is -0.258 e. The highest BCUT2D eigenvalue weighted by Crippen LogP contribution is 2.20. The number of nitrogens with zero attached hydrogens (tertiary/aromatic N) is 1. The topological polar surface area (TPSA) is 12.9 Å². The number of pyridine rings is 1. The van der Waals surface area contributed by atoms with Crippen LogP contribution < -0.4 is 0 Å². The van der Waals surface area contributed by atoms with Crippen molar-refractivity contribution in [2.45, 2.75) is 46.5 Å². The Kier molecular flexibility index (Phi) is 3.07. The molecule has 0 saturated heterocycles. The van der Waals surface area contributed by atoms with E-state index < -0.39 is 0 Å². The number of rotatable bonds is 2. The fraction of sp³-hybridized carbons (Fsp3) is 0.583. The van der Waals surface area contributed by atoms with E-state index in [4.69, 9.17) is 0 Å². The quantitative estimate of drug-likeness (QED) is 0.672. The fourth-order valence-electron chi connectivity index (χ4n) is 1.35. The summed E-state index contributed by atoms with van der Waals surface area (Å²) >= 11 is 0. The first-order chi connectivity index (χ1) is 6.00. The smallest absolute Gasteiger partial charge is 0.0435 e. The van der Waals surface area contributed by atoms with E-state index in [9.17, 15) is 0 Å². The van der Waals surface area contributed by atoms with E-state index in [2.05, 4.69) is 51.7 Å². The first-order valence-electron chi connectivity index (χ1n) is 4.99. The summed E-state index contributed by atoms with van der Waals surface area (Å²) < 4.78 is 0. The van der Waals surface area contributed by atoms with E-state index in [1.54, 1.807) is 0 Å². The molecule has 13 heavy (non-hydrogen) atoms. The molecule has 0 spiro atoms. The predicted octanol–water partition coefficient (Wildman–Crippen LogP) is 3.64. The van der Waals surface area contributed by atoms with Gasteiger partial charge < -0.3 is 0 Å². The maximum Gasteiger partial charge on any atom is 0.0435 e. The van der Waals surface area contributed by atoms with Crippen molar-refractivity contribution in [1.29, 1.82) is 0 Å². The summed E-state index contributed by atoms with van der Waals surface area (Å²) in [5, 5.41) is 0. The van der Waals surface area contributed by atoms with Crippen molar-refractivity contribution >= 4 is 0 Å². The molecule has 1 aromatic heterocycles. The number of hydrogen-bond acceptors (Lipinski definition) is 1. The summed E-state index contributed by atoms with van der Waals surface area (Å²) in [6, 6.07) is 4.40. The van der Waals surface area contributed by atoms with Gasteiger partial charge in [0.1, 0.15) is 0 Å². The lowest BCUT2D eigenvalue weighted by Gasteiger charge is -2.11. The normalized spacial score (nSPS) is 11.3. The van der Waals surface area contributed by atoms with Crippen LogP contribution in [0.25, 0.3) is 0 Å². The van der Waals surface area contributed by atoms with Gasteiger partial charge in [0.2, 0.25) is 0 Å². The third-order valence-corrected chi connectivity index (χ3v) is 2.25. The minimum absolute atomic E-state index is 0.525. The highest BCUT2D eigenvalue weighted by molar-refractivity contribution is 5.25. The molecule has 1 aromatic rings. The van der Waals surface area contributed by atoms with Crippen LogP contribution in [0.15, 0.2) is 12.1 Å². The molecule has 0 N–H and O–H groups in total. The van der Waals surface area contributed by atoms with Gasteiger partial charge in [-0.2, -0.15) is 0 Å². The molecule has 1 nitrogen and oxygen atoms in total. The van der Waals surface area contributed by atoms with Crippen LogP contribution in [0.1, 0.15) is 56.5 Å². The van der Waals surface area contributed by atoms with Crippen molar-refractivity contribution in [2.24, 2.45) is 0 Å². The first-order valence-corrected chi connectivity index (χ1v) is 4.99. The van der Waals surface area contributed by atoms with Gasteiger partial charge in [-0.15, -0.1) is 0 Å². The first kappa shape index (κ1) is 10.2. The Morgan fingerprint density at radius 3 is 2.08 bits per heavy atom. The zero-order valence-corrected chi connectivity index (χ0v) is 9.26. The second-order valence-electron chi connectivity index (χ2n) is 4.28. The summed E-state index contributed by atoms with van der Waals surface area (Å²) in [4.78, 5) is 4.52. The van der Waals surface area contributed by atoms with Crippen molar-refractivity contribution in [3.8, 4) is 0 Å². The Morgan fingerprint density at radius 2 is 1.62 bits per heavy atom. The molecule has 0 aliphatic carbocycles. The van der Waals surface area contributed by atoms with Gasteiger partial charge in [0.25, 0.3) is 0 Å². The third kappa shape index (κ3) is 2.55. The van der Waals surface area contributed by atoms with Gasteiger partial charge in [-0.1, -0.05) is 27.7 Å². The van der Waals surface area contributed by atoms with Crippen LogP contribution in [0, 0.1) is 6.92 Å². The van der Waals surface area contributed by atoms with Gasteiger partial charge in [0.05, 0.1) is 0 Å². The Hall–Kier alpha value is -0.850. The maximum atomic E-state index is 4.52. The zero-order valence-electron chi connectivity index (χ0n) is 9.26. The summed E-state index contributed by atoms with van der Waals surface area (Å²) in [5.74, 6) is 1.12. The Bertz CT molecular complexity index is 261. The van der Waals surface area contributed by atoms with Crippen LogP contribution in [0.3, 0.4) is 0 Å². The van der Waals surface area contributed by atoms with Crippen LogP contribution in [-0.4, -0.2) is 4.98 Å². The third-order valence-electron chi connectivity index (χ3n) is 2.25. The molecule has 0 aliphatic rings. The van der Waals surface area contributed by atoms with E-state index in [-0.39, 0.29) is 0 Å². The fourth-order valence-corrected chi connectivity index (χ4v) is 1.35. The standard InChI is InChI=1S/C12H19N/c1-8(2)11-6-10(5)13-12(7-11)9(3)4/h6-9H,1-5H3. The van der Waals surface area contributed by atoms with Gasteiger partial charge in [0, 0.05) is 11.4 Å². The highest BCUT2D eigenvalue weighted by atomic mass is 14.7. The van der Waals surface area contributed by atoms with Gasteiger partial charge >= 0.3 is 0 Å². The Morgan fingerprint density at radius 1 is 1.00 bits per heavy atom. The van der Waals surface area contributed by atoms with Gasteiger partial charge in [-0.3, -0.25) is 4.98 Å². The van der Waals surface area contributed by atoms with Crippen LogP contribution in [0.2, 0.25) is 0 Å². The molecule has 0 fully saturated rings. The summed E-state index contributed by atoms with van der Waals surface area (Å²) in [7, 11) is 0. The van der Waals surface area contributed by atoms with Gasteiger partial charge in [-0.05, 0) is 36.5 Å². The second-order valence-corrected chi connectivity index (χ2v) is 4.28. The lowest BCUT2D eigenvalue weighted by Crippen LogP contribution is -1.98. The predicted molar refractivity (Wildman–Crippen MR) is 57.2 cm³/mol. The number of aromatic nitrogens is 1. The van der Waals surface area contributed by atoms with Gasteiger partial charge in [-0.25, -0.2) is 0 Å². The van der Waals surface area contributed by atoms with Crippen molar-refractivity contribution in [3.63, 3.8) is 0 Å². The highest BCUT2D eigenvalue weighted by Gasteiger charge is 2.06. The SMILES string of the molecule is Cc1cc(C(C)C)cc(C(C)C)n1. The zero-order chi connectivity index (χ0) is 10.0. The van der Waals surface area contributed by atoms with E-state index in [1.807, 2.05) is 0 Å². The monoisotopic (exact) mass is 177 g/mol. The van der Waals surface area contributed by atoms with Crippen molar-refractivity contribution in [3.05, 3.63) is 29.1 Å². The van der Waals surface area contributed by atoms with Crippen LogP contribution in [0.5, 0.6) is 0 Å². The van der Waals surface area contributed by atoms with Gasteiger partial charge in [0.15, 0.2) is 0 Å². The molecular formula is C12H19N. The average Bonchev–Trinajstić information content (AvgIpc) is 2.03. The Balaban J connectivity index is 3.11. The molecule has 0 bridgehead atoms. The average molecular weight is 177 g/mol. The van der Waals surface area contributed by atoms with E-state index >= 15 is 0 Å². The molecule has 0 amide bonds. The molecule has 1 rings (SSSR count). The Labute approximate surface area is 81.2 Å². The van der Waals surface area contributed by atoms with E-state index in [1.165, 1.54) is 11.3 Å². The lowest BCUT2D eigenvalue weighted by molar-refractivity contribution is 0.791. The number of hydrogen-bond donors (Lipinski definition) is 0. The van der Waals surface area contributed by atoms with Crippen molar-refractivity contribution < 1.29 is 0 Å². The second kappa shape index (κ2) is 3.91. The molecular weight excluding hydrogens is 158 g/mol. The van der Waals surface area contributed by atoms with Crippen molar-refractivity contribution in [2.75, 3.05) is 0 Å². The molecule has 1 heteroatoms. The summed E-state index contributed by atoms with van der Waals surface area (Å²) in [5.41, 5.74) is 3.75. The minimum atomic E-state index is 0.525. The van der Waals surface area contributed by atoms with Crippen LogP contribution in [-0.2, 0) is 0 Å². The molecule has 1 heterocycles. The number of aryl methyl sites for hydroxylation is 1. The van der Waals surface area contributed by atoms with E-state index in [0.717, 1.165) is 5.69 Å². The molecule has 0 saturated carbocycles.